The Balaban J connectivity index is 2.42. The molecule has 1 rings (SSSR count). The number of pyridine rings is 1. The third-order valence-electron chi connectivity index (χ3n) is 1.98. The first-order valence-corrected chi connectivity index (χ1v) is 5.34. The van der Waals surface area contributed by atoms with Crippen LogP contribution in [0.4, 0.5) is 0 Å². The van der Waals surface area contributed by atoms with Gasteiger partial charge in [-0.1, -0.05) is 13.0 Å². The quantitative estimate of drug-likeness (QED) is 0.577. The summed E-state index contributed by atoms with van der Waals surface area (Å²) >= 11 is 0. The minimum atomic E-state index is -0.114. The van der Waals surface area contributed by atoms with Gasteiger partial charge in [-0.15, -0.1) is 0 Å². The highest BCUT2D eigenvalue weighted by Gasteiger charge is 2.01. The van der Waals surface area contributed by atoms with E-state index in [1.807, 2.05) is 26.0 Å². The molecule has 1 aromatic heterocycles. The van der Waals surface area contributed by atoms with E-state index in [0.717, 1.165) is 12.1 Å². The van der Waals surface area contributed by atoms with Crippen LogP contribution < -0.4 is 10.6 Å². The van der Waals surface area contributed by atoms with Crippen molar-refractivity contribution in [3.8, 4) is 0 Å². The SMILES string of the molecule is CCNC(C)NC(=O)/C=C/c1cccnc1. The molecule has 0 spiro atoms. The Hall–Kier alpha value is -1.68. The maximum absolute atomic E-state index is 11.4. The van der Waals surface area contributed by atoms with Gasteiger partial charge in [0.15, 0.2) is 0 Å². The van der Waals surface area contributed by atoms with Crippen molar-refractivity contribution in [1.29, 1.82) is 0 Å². The maximum Gasteiger partial charge on any atom is 0.245 e. The zero-order chi connectivity index (χ0) is 11.8. The number of hydrogen-bond donors (Lipinski definition) is 2. The Morgan fingerprint density at radius 3 is 3.06 bits per heavy atom. The van der Waals surface area contributed by atoms with Gasteiger partial charge in [-0.05, 0) is 31.2 Å². The first kappa shape index (κ1) is 12.4. The Labute approximate surface area is 95.8 Å². The minimum Gasteiger partial charge on any atom is -0.338 e. The summed E-state index contributed by atoms with van der Waals surface area (Å²) in [6.45, 7) is 4.72. The van der Waals surface area contributed by atoms with Crippen LogP contribution in [-0.2, 0) is 4.79 Å². The monoisotopic (exact) mass is 219 g/mol. The van der Waals surface area contributed by atoms with Gasteiger partial charge in [-0.2, -0.15) is 0 Å². The van der Waals surface area contributed by atoms with E-state index in [2.05, 4.69) is 15.6 Å². The van der Waals surface area contributed by atoms with Gasteiger partial charge < -0.3 is 5.32 Å². The molecule has 1 amide bonds. The molecule has 0 aliphatic rings. The van der Waals surface area contributed by atoms with Gasteiger partial charge in [0.25, 0.3) is 0 Å². The number of nitrogens with one attached hydrogen (secondary N) is 2. The van der Waals surface area contributed by atoms with Crippen LogP contribution in [-0.4, -0.2) is 23.6 Å². The smallest absolute Gasteiger partial charge is 0.245 e. The van der Waals surface area contributed by atoms with E-state index in [9.17, 15) is 4.79 Å². The molecule has 1 aromatic rings. The number of hydrogen-bond acceptors (Lipinski definition) is 3. The van der Waals surface area contributed by atoms with Crippen LogP contribution in [0.15, 0.2) is 30.6 Å². The largest absolute Gasteiger partial charge is 0.338 e. The highest BCUT2D eigenvalue weighted by Crippen LogP contribution is 1.97. The first-order valence-electron chi connectivity index (χ1n) is 5.34. The van der Waals surface area contributed by atoms with Gasteiger partial charge in [-0.25, -0.2) is 0 Å². The number of rotatable bonds is 5. The fourth-order valence-electron chi connectivity index (χ4n) is 1.27. The molecule has 1 unspecified atom stereocenters. The Kier molecular flexibility index (Phi) is 5.22. The summed E-state index contributed by atoms with van der Waals surface area (Å²) in [6, 6.07) is 3.73. The number of aromatic nitrogens is 1. The van der Waals surface area contributed by atoms with Crippen molar-refractivity contribution in [3.05, 3.63) is 36.2 Å². The molecule has 0 fully saturated rings. The molecule has 0 aliphatic carbocycles. The van der Waals surface area contributed by atoms with Crippen molar-refractivity contribution in [3.63, 3.8) is 0 Å². The predicted octanol–water partition coefficient (Wildman–Crippen LogP) is 1.17. The van der Waals surface area contributed by atoms with Crippen LogP contribution in [0.25, 0.3) is 6.08 Å². The minimum absolute atomic E-state index is 0.0175. The van der Waals surface area contributed by atoms with E-state index in [0.29, 0.717) is 0 Å². The van der Waals surface area contributed by atoms with Gasteiger partial charge in [0.2, 0.25) is 5.91 Å². The standard InChI is InChI=1S/C12H17N3O/c1-3-14-10(2)15-12(16)7-6-11-5-4-8-13-9-11/h4-10,14H,3H2,1-2H3,(H,15,16)/b7-6+. The maximum atomic E-state index is 11.4. The Morgan fingerprint density at radius 1 is 1.62 bits per heavy atom. The second kappa shape index (κ2) is 6.74. The highest BCUT2D eigenvalue weighted by molar-refractivity contribution is 5.91. The second-order valence-corrected chi connectivity index (χ2v) is 3.41. The zero-order valence-electron chi connectivity index (χ0n) is 9.60. The lowest BCUT2D eigenvalue weighted by molar-refractivity contribution is -0.117. The molecule has 0 radical (unpaired) electrons. The highest BCUT2D eigenvalue weighted by atomic mass is 16.1. The lowest BCUT2D eigenvalue weighted by atomic mass is 10.2. The fourth-order valence-corrected chi connectivity index (χ4v) is 1.27. The predicted molar refractivity (Wildman–Crippen MR) is 64.6 cm³/mol. The van der Waals surface area contributed by atoms with Crippen molar-refractivity contribution in [2.24, 2.45) is 0 Å². The van der Waals surface area contributed by atoms with Gasteiger partial charge >= 0.3 is 0 Å². The lowest BCUT2D eigenvalue weighted by Crippen LogP contribution is -2.42. The molecule has 16 heavy (non-hydrogen) atoms. The van der Waals surface area contributed by atoms with Crippen molar-refractivity contribution >= 4 is 12.0 Å². The summed E-state index contributed by atoms with van der Waals surface area (Å²) in [5, 5.41) is 5.89. The first-order chi connectivity index (χ1) is 7.72. The van der Waals surface area contributed by atoms with Crippen molar-refractivity contribution in [2.45, 2.75) is 20.0 Å². The Bertz CT molecular complexity index is 349. The topological polar surface area (TPSA) is 54.0 Å². The summed E-state index contributed by atoms with van der Waals surface area (Å²) < 4.78 is 0. The molecule has 0 saturated heterocycles. The normalized spacial score (nSPS) is 12.6. The second-order valence-electron chi connectivity index (χ2n) is 3.41. The summed E-state index contributed by atoms with van der Waals surface area (Å²) in [5.41, 5.74) is 0.911. The molecule has 0 saturated carbocycles. The number of nitrogens with zero attached hydrogens (tertiary/aromatic N) is 1. The summed E-state index contributed by atoms with van der Waals surface area (Å²) in [7, 11) is 0. The van der Waals surface area contributed by atoms with E-state index in [1.54, 1.807) is 18.5 Å². The summed E-state index contributed by atoms with van der Waals surface area (Å²) in [5.74, 6) is -0.114. The summed E-state index contributed by atoms with van der Waals surface area (Å²) in [4.78, 5) is 15.4. The number of amides is 1. The molecule has 0 aromatic carbocycles. The van der Waals surface area contributed by atoms with Crippen molar-refractivity contribution in [2.75, 3.05) is 6.54 Å². The van der Waals surface area contributed by atoms with Gasteiger partial charge in [0.05, 0.1) is 6.17 Å². The molecular formula is C12H17N3O. The van der Waals surface area contributed by atoms with Crippen LogP contribution >= 0.6 is 0 Å². The van der Waals surface area contributed by atoms with Crippen LogP contribution in [0, 0.1) is 0 Å². The van der Waals surface area contributed by atoms with Crippen LogP contribution in [0.1, 0.15) is 19.4 Å². The van der Waals surface area contributed by atoms with Crippen LogP contribution in [0.2, 0.25) is 0 Å². The molecule has 4 heteroatoms. The van der Waals surface area contributed by atoms with Crippen molar-refractivity contribution in [1.82, 2.24) is 15.6 Å². The molecule has 2 N–H and O–H groups in total. The molecule has 86 valence electrons. The van der Waals surface area contributed by atoms with E-state index < -0.39 is 0 Å². The number of carbonyl (C=O) groups is 1. The van der Waals surface area contributed by atoms with Crippen LogP contribution in [0.3, 0.4) is 0 Å². The number of carbonyl (C=O) groups excluding carboxylic acids is 1. The summed E-state index contributed by atoms with van der Waals surface area (Å²) in [6.07, 6.45) is 6.63. The van der Waals surface area contributed by atoms with Gasteiger partial charge in [0, 0.05) is 18.5 Å². The molecule has 4 nitrogen and oxygen atoms in total. The molecular weight excluding hydrogens is 202 g/mol. The lowest BCUT2D eigenvalue weighted by Gasteiger charge is -2.12. The average Bonchev–Trinajstić information content (AvgIpc) is 2.28. The van der Waals surface area contributed by atoms with Crippen LogP contribution in [0.5, 0.6) is 0 Å². The van der Waals surface area contributed by atoms with E-state index in [4.69, 9.17) is 0 Å². The van der Waals surface area contributed by atoms with E-state index in [1.165, 1.54) is 6.08 Å². The van der Waals surface area contributed by atoms with Crippen molar-refractivity contribution < 1.29 is 4.79 Å². The molecule has 1 atom stereocenters. The average molecular weight is 219 g/mol. The van der Waals surface area contributed by atoms with E-state index in [-0.39, 0.29) is 12.1 Å². The molecule has 0 aliphatic heterocycles. The van der Waals surface area contributed by atoms with Gasteiger partial charge in [0.1, 0.15) is 0 Å². The third-order valence-corrected chi connectivity index (χ3v) is 1.98. The third kappa shape index (κ3) is 4.70. The zero-order valence-corrected chi connectivity index (χ0v) is 9.60. The Morgan fingerprint density at radius 2 is 2.44 bits per heavy atom. The molecule has 1 heterocycles. The fraction of sp³-hybridized carbons (Fsp3) is 0.333. The van der Waals surface area contributed by atoms with E-state index >= 15 is 0 Å². The van der Waals surface area contributed by atoms with Gasteiger partial charge in [-0.3, -0.25) is 15.1 Å². The molecule has 0 bridgehead atoms.